The maximum Gasteiger partial charge on any atom is 0.268 e. The molecule has 5 atom stereocenters. The lowest BCUT2D eigenvalue weighted by Crippen LogP contribution is -2.61. The second-order valence-corrected chi connectivity index (χ2v) is 16.3. The summed E-state index contributed by atoms with van der Waals surface area (Å²) in [6, 6.07) is 39.7. The number of para-hydroxylation sites is 1. The molecule has 0 amide bonds. The molecule has 3 heterocycles. The van der Waals surface area contributed by atoms with E-state index in [1.807, 2.05) is 97.1 Å². The van der Waals surface area contributed by atoms with Crippen LogP contribution in [0.25, 0.3) is 10.9 Å². The van der Waals surface area contributed by atoms with Crippen LogP contribution < -0.4 is 5.73 Å². The van der Waals surface area contributed by atoms with Crippen molar-refractivity contribution in [2.24, 2.45) is 5.73 Å². The lowest BCUT2D eigenvalue weighted by molar-refractivity contribution is -0.328. The van der Waals surface area contributed by atoms with Gasteiger partial charge in [-0.1, -0.05) is 103 Å². The van der Waals surface area contributed by atoms with Crippen LogP contribution in [0.5, 0.6) is 0 Å². The number of rotatable bonds is 22. The third-order valence-corrected chi connectivity index (χ3v) is 12.0. The summed E-state index contributed by atoms with van der Waals surface area (Å²) in [6.07, 6.45) is 4.94. The summed E-state index contributed by atoms with van der Waals surface area (Å²) < 4.78 is 69.1. The van der Waals surface area contributed by atoms with Gasteiger partial charge in [0.2, 0.25) is 0 Å². The summed E-state index contributed by atoms with van der Waals surface area (Å²) in [6.45, 7) is 2.48. The number of pyridine rings is 1. The molecule has 11 nitrogen and oxygen atoms in total. The van der Waals surface area contributed by atoms with Gasteiger partial charge in [0.25, 0.3) is 10.0 Å². The first-order chi connectivity index (χ1) is 29.0. The van der Waals surface area contributed by atoms with E-state index in [1.54, 1.807) is 48.9 Å². The van der Waals surface area contributed by atoms with Crippen molar-refractivity contribution in [1.82, 2.24) is 8.96 Å². The van der Waals surface area contributed by atoms with Crippen molar-refractivity contribution < 1.29 is 36.8 Å². The third kappa shape index (κ3) is 11.3. The van der Waals surface area contributed by atoms with Crippen molar-refractivity contribution in [3.05, 3.63) is 168 Å². The van der Waals surface area contributed by atoms with Gasteiger partial charge < -0.3 is 34.2 Å². The van der Waals surface area contributed by atoms with E-state index in [0.29, 0.717) is 31.7 Å². The predicted molar refractivity (Wildman–Crippen MR) is 226 cm³/mol. The van der Waals surface area contributed by atoms with Crippen LogP contribution in [0, 0.1) is 0 Å². The fourth-order valence-electron chi connectivity index (χ4n) is 7.26. The predicted octanol–water partition coefficient (Wildman–Crippen LogP) is 7.46. The first-order valence-electron chi connectivity index (χ1n) is 20.3. The SMILES string of the molecule is NCCCCCOC[C@H]1O[C@@H](OCCc2cn(S(=O)(=O)c3ccccc3)c3ccccc23)[C@H](OCc2ccccc2)[C@@H](OCc2ccccc2)[C@@H]1OCc1cccnc1. The van der Waals surface area contributed by atoms with Crippen LogP contribution in [0.4, 0.5) is 0 Å². The molecule has 4 aromatic carbocycles. The lowest BCUT2D eigenvalue weighted by atomic mass is 9.97. The summed E-state index contributed by atoms with van der Waals surface area (Å²) in [7, 11) is -3.85. The highest BCUT2D eigenvalue weighted by Crippen LogP contribution is 2.32. The smallest absolute Gasteiger partial charge is 0.268 e. The quantitative estimate of drug-likeness (QED) is 0.0689. The van der Waals surface area contributed by atoms with E-state index in [9.17, 15) is 8.42 Å². The number of unbranched alkanes of at least 4 members (excludes halogenated alkanes) is 2. The molecule has 1 fully saturated rings. The lowest BCUT2D eigenvalue weighted by Gasteiger charge is -2.46. The van der Waals surface area contributed by atoms with Crippen LogP contribution in [0.2, 0.25) is 0 Å². The second-order valence-electron chi connectivity index (χ2n) is 14.5. The monoisotopic (exact) mass is 819 g/mol. The van der Waals surface area contributed by atoms with Crippen LogP contribution in [-0.4, -0.2) is 74.4 Å². The van der Waals surface area contributed by atoms with Crippen molar-refractivity contribution in [3.63, 3.8) is 0 Å². The van der Waals surface area contributed by atoms with Gasteiger partial charge in [-0.15, -0.1) is 0 Å². The van der Waals surface area contributed by atoms with Crippen LogP contribution in [0.3, 0.4) is 0 Å². The van der Waals surface area contributed by atoms with Gasteiger partial charge in [-0.3, -0.25) is 4.98 Å². The third-order valence-electron chi connectivity index (χ3n) is 10.3. The first-order valence-corrected chi connectivity index (χ1v) is 21.7. The van der Waals surface area contributed by atoms with E-state index in [2.05, 4.69) is 4.98 Å². The Hall–Kier alpha value is -4.76. The molecule has 2 aromatic heterocycles. The van der Waals surface area contributed by atoms with Gasteiger partial charge in [-0.2, -0.15) is 0 Å². The minimum atomic E-state index is -3.85. The summed E-state index contributed by atoms with van der Waals surface area (Å²) in [5.41, 5.74) is 10.0. The number of hydrogen-bond acceptors (Lipinski definition) is 10. The Balaban J connectivity index is 1.18. The molecule has 12 heteroatoms. The molecule has 0 unspecified atom stereocenters. The summed E-state index contributed by atoms with van der Waals surface area (Å²) in [5.74, 6) is 0. The number of hydrogen-bond donors (Lipinski definition) is 1. The topological polar surface area (TPSA) is 133 Å². The van der Waals surface area contributed by atoms with Gasteiger partial charge in [0, 0.05) is 30.6 Å². The van der Waals surface area contributed by atoms with E-state index >= 15 is 0 Å². The molecule has 1 aliphatic heterocycles. The molecular formula is C47H53N3O8S. The molecule has 0 bridgehead atoms. The minimum absolute atomic E-state index is 0.203. The number of ether oxygens (including phenoxy) is 6. The Labute approximate surface area is 347 Å². The van der Waals surface area contributed by atoms with Gasteiger partial charge >= 0.3 is 0 Å². The van der Waals surface area contributed by atoms with E-state index < -0.39 is 40.7 Å². The number of aromatic nitrogens is 2. The zero-order valence-electron chi connectivity index (χ0n) is 33.2. The molecule has 0 aliphatic carbocycles. The molecule has 59 heavy (non-hydrogen) atoms. The normalized spacial score (nSPS) is 19.6. The largest absolute Gasteiger partial charge is 0.379 e. The highest BCUT2D eigenvalue weighted by molar-refractivity contribution is 7.90. The first kappa shape index (κ1) is 42.4. The van der Waals surface area contributed by atoms with Crippen molar-refractivity contribution in [1.29, 1.82) is 0 Å². The van der Waals surface area contributed by atoms with Crippen LogP contribution in [0.1, 0.15) is 41.5 Å². The molecule has 0 saturated carbocycles. The molecule has 1 aliphatic rings. The standard InChI is InChI=1S/C47H53N3O8S/c48-26-13-4-14-28-53-35-43-44(55-34-38-20-15-27-49-30-38)45(56-32-36-16-5-1-6-17-36)46(57-33-37-18-7-2-8-19-37)47(58-43)54-29-25-39-31-50(42-24-12-11-23-41(39)42)59(51,52)40-21-9-3-10-22-40/h1-3,5-12,15-24,27,30-31,43-47H,4,13-14,25-26,28-29,32-35,48H2/t43-,44-,45+,46-,47-/m1/s1. The van der Waals surface area contributed by atoms with Crippen molar-refractivity contribution >= 4 is 20.9 Å². The Morgan fingerprint density at radius 1 is 0.644 bits per heavy atom. The summed E-state index contributed by atoms with van der Waals surface area (Å²) >= 11 is 0. The Bertz CT molecular complexity index is 2240. The van der Waals surface area contributed by atoms with E-state index in [1.165, 1.54) is 3.97 Å². The summed E-state index contributed by atoms with van der Waals surface area (Å²) in [5, 5.41) is 0.825. The van der Waals surface area contributed by atoms with Crippen LogP contribution >= 0.6 is 0 Å². The second kappa shape index (κ2) is 21.5. The number of nitrogens with two attached hydrogens (primary N) is 1. The number of nitrogens with zero attached hydrogens (tertiary/aromatic N) is 2. The molecule has 1 saturated heterocycles. The van der Waals surface area contributed by atoms with Crippen molar-refractivity contribution in [2.45, 2.75) is 81.1 Å². The van der Waals surface area contributed by atoms with Crippen LogP contribution in [-0.2, 0) is 64.7 Å². The van der Waals surface area contributed by atoms with Gasteiger partial charge in [0.15, 0.2) is 6.29 Å². The molecule has 0 radical (unpaired) electrons. The molecule has 7 rings (SSSR count). The molecule has 2 N–H and O–H groups in total. The average Bonchev–Trinajstić information content (AvgIpc) is 3.66. The number of fused-ring (bicyclic) bond motifs is 1. The maximum atomic E-state index is 13.8. The highest BCUT2D eigenvalue weighted by atomic mass is 32.2. The maximum absolute atomic E-state index is 13.8. The zero-order chi connectivity index (χ0) is 40.7. The average molecular weight is 820 g/mol. The number of benzene rings is 4. The molecule has 310 valence electrons. The van der Waals surface area contributed by atoms with E-state index in [-0.39, 0.29) is 31.3 Å². The van der Waals surface area contributed by atoms with Crippen molar-refractivity contribution in [3.8, 4) is 0 Å². The molecule has 6 aromatic rings. The van der Waals surface area contributed by atoms with Crippen molar-refractivity contribution in [2.75, 3.05) is 26.4 Å². The Kier molecular flexibility index (Phi) is 15.4. The minimum Gasteiger partial charge on any atom is -0.379 e. The molecular weight excluding hydrogens is 767 g/mol. The van der Waals surface area contributed by atoms with E-state index in [4.69, 9.17) is 34.2 Å². The van der Waals surface area contributed by atoms with E-state index in [0.717, 1.165) is 46.9 Å². The Morgan fingerprint density at radius 2 is 1.27 bits per heavy atom. The fourth-order valence-corrected chi connectivity index (χ4v) is 8.67. The van der Waals surface area contributed by atoms with Crippen LogP contribution in [0.15, 0.2) is 151 Å². The van der Waals surface area contributed by atoms with Gasteiger partial charge in [0.1, 0.15) is 24.4 Å². The highest BCUT2D eigenvalue weighted by Gasteiger charge is 2.49. The molecule has 0 spiro atoms. The van der Waals surface area contributed by atoms with Gasteiger partial charge in [0.05, 0.1) is 43.4 Å². The fraction of sp³-hybridized carbons (Fsp3) is 0.340. The zero-order valence-corrected chi connectivity index (χ0v) is 34.0. The Morgan fingerprint density at radius 3 is 1.97 bits per heavy atom. The van der Waals surface area contributed by atoms with Gasteiger partial charge in [-0.05, 0) is 78.7 Å². The summed E-state index contributed by atoms with van der Waals surface area (Å²) in [4.78, 5) is 4.50. The van der Waals surface area contributed by atoms with Gasteiger partial charge in [-0.25, -0.2) is 12.4 Å².